The van der Waals surface area contributed by atoms with Crippen LogP contribution >= 0.6 is 0 Å². The molecule has 5 aliphatic carbocycles. The van der Waals surface area contributed by atoms with Gasteiger partial charge in [-0.2, -0.15) is 4.89 Å². The molecule has 0 unspecified atom stereocenters. The van der Waals surface area contributed by atoms with Gasteiger partial charge in [0.05, 0.1) is 17.6 Å². The third-order valence-corrected chi connectivity index (χ3v) is 15.0. The van der Waals surface area contributed by atoms with Gasteiger partial charge >= 0.3 is 5.97 Å². The summed E-state index contributed by atoms with van der Waals surface area (Å²) in [5.74, 6) is 0.173. The van der Waals surface area contributed by atoms with Crippen molar-refractivity contribution in [3.05, 3.63) is 11.6 Å². The molecule has 46 heavy (non-hydrogen) atoms. The predicted octanol–water partition coefficient (Wildman–Crippen LogP) is 3.39. The van der Waals surface area contributed by atoms with Gasteiger partial charge < -0.3 is 35.4 Å². The van der Waals surface area contributed by atoms with E-state index >= 15 is 0 Å². The summed E-state index contributed by atoms with van der Waals surface area (Å²) in [4.78, 5) is 25.0. The molecule has 0 aromatic heterocycles. The number of carbonyl (C=O) groups excluding carboxylic acids is 1. The summed E-state index contributed by atoms with van der Waals surface area (Å²) >= 11 is 0. The second-order valence-electron chi connectivity index (χ2n) is 18.1. The van der Waals surface area contributed by atoms with Crippen LogP contribution in [-0.2, 0) is 19.3 Å². The molecule has 6 N–H and O–H groups in total. The zero-order valence-corrected chi connectivity index (χ0v) is 28.7. The van der Waals surface area contributed by atoms with E-state index < -0.39 is 60.9 Å². The van der Waals surface area contributed by atoms with Crippen molar-refractivity contribution in [2.75, 3.05) is 6.61 Å². The van der Waals surface area contributed by atoms with E-state index in [1.54, 1.807) is 0 Å². The Hall–Kier alpha value is -1.11. The first-order valence-electron chi connectivity index (χ1n) is 17.5. The molecule has 0 amide bonds. The molecule has 0 spiro atoms. The molecule has 14 atom stereocenters. The molecule has 4 saturated carbocycles. The summed E-state index contributed by atoms with van der Waals surface area (Å²) in [6.07, 6.45) is 0.642. The lowest BCUT2D eigenvalue weighted by Crippen LogP contribution is -2.67. The maximum Gasteiger partial charge on any atom is 0.349 e. The van der Waals surface area contributed by atoms with E-state index in [1.807, 2.05) is 0 Å². The van der Waals surface area contributed by atoms with Crippen molar-refractivity contribution in [1.29, 1.82) is 0 Å². The molecule has 262 valence electrons. The normalized spacial score (nSPS) is 52.7. The van der Waals surface area contributed by atoms with Crippen molar-refractivity contribution in [2.45, 2.75) is 149 Å². The summed E-state index contributed by atoms with van der Waals surface area (Å²) in [6, 6.07) is 0. The maximum absolute atomic E-state index is 14.1. The summed E-state index contributed by atoms with van der Waals surface area (Å²) < 4.78 is 5.20. The van der Waals surface area contributed by atoms with E-state index in [2.05, 4.69) is 54.5 Å². The molecule has 10 heteroatoms. The number of fused-ring (bicyclic) bond motifs is 7. The number of allylic oxidation sites excluding steroid dienone is 2. The number of carbonyl (C=O) groups is 1. The zero-order valence-electron chi connectivity index (χ0n) is 28.7. The molecule has 1 saturated heterocycles. The highest BCUT2D eigenvalue weighted by Gasteiger charge is 2.70. The highest BCUT2D eigenvalue weighted by Crippen LogP contribution is 2.75. The highest BCUT2D eigenvalue weighted by atomic mass is 17.2. The van der Waals surface area contributed by atoms with Gasteiger partial charge in [0.25, 0.3) is 0 Å². The molecule has 6 aliphatic rings. The van der Waals surface area contributed by atoms with Crippen LogP contribution in [0.2, 0.25) is 0 Å². The Labute approximate surface area is 273 Å². The first-order chi connectivity index (χ1) is 21.2. The number of hydrogen-bond donors (Lipinski definition) is 6. The van der Waals surface area contributed by atoms with Crippen LogP contribution in [0.15, 0.2) is 11.6 Å². The fourth-order valence-electron chi connectivity index (χ4n) is 12.1. The third-order valence-electron chi connectivity index (χ3n) is 15.0. The number of ether oxygens (including phenoxy) is 1. The molecule has 1 heterocycles. The molecule has 1 aliphatic heterocycles. The van der Waals surface area contributed by atoms with Crippen molar-refractivity contribution in [2.24, 2.45) is 50.2 Å². The largest absolute Gasteiger partial charge is 0.390 e. The molecule has 0 aromatic carbocycles. The van der Waals surface area contributed by atoms with E-state index in [4.69, 9.17) is 14.5 Å². The average Bonchev–Trinajstić information content (AvgIpc) is 2.97. The average molecular weight is 651 g/mol. The van der Waals surface area contributed by atoms with Crippen molar-refractivity contribution >= 4 is 5.97 Å². The van der Waals surface area contributed by atoms with Crippen LogP contribution in [0.3, 0.4) is 0 Å². The van der Waals surface area contributed by atoms with Crippen molar-refractivity contribution in [3.8, 4) is 0 Å². The Morgan fingerprint density at radius 1 is 0.848 bits per heavy atom. The minimum atomic E-state index is -1.70. The van der Waals surface area contributed by atoms with Gasteiger partial charge in [-0.3, -0.25) is 4.89 Å². The lowest BCUT2D eigenvalue weighted by atomic mass is 9.33. The number of aliphatic hydroxyl groups is 6. The second kappa shape index (κ2) is 11.2. The molecule has 0 bridgehead atoms. The van der Waals surface area contributed by atoms with E-state index in [0.717, 1.165) is 38.5 Å². The summed E-state index contributed by atoms with van der Waals surface area (Å²) in [6.45, 7) is 15.6. The monoisotopic (exact) mass is 650 g/mol. The van der Waals surface area contributed by atoms with Gasteiger partial charge in [-0.25, -0.2) is 4.79 Å². The Kier molecular flexibility index (Phi) is 8.46. The van der Waals surface area contributed by atoms with Crippen LogP contribution < -0.4 is 0 Å². The van der Waals surface area contributed by atoms with Gasteiger partial charge in [-0.05, 0) is 103 Å². The fraction of sp³-hybridized carbons (Fsp3) is 0.917. The van der Waals surface area contributed by atoms with Crippen LogP contribution in [0, 0.1) is 50.2 Å². The second-order valence-corrected chi connectivity index (χ2v) is 18.1. The third kappa shape index (κ3) is 4.83. The van der Waals surface area contributed by atoms with Crippen LogP contribution in [0.5, 0.6) is 0 Å². The van der Waals surface area contributed by atoms with Crippen molar-refractivity contribution in [3.63, 3.8) is 0 Å². The molecule has 0 radical (unpaired) electrons. The van der Waals surface area contributed by atoms with Crippen molar-refractivity contribution in [1.82, 2.24) is 0 Å². The minimum absolute atomic E-state index is 0.0278. The zero-order chi connectivity index (χ0) is 33.8. The van der Waals surface area contributed by atoms with E-state index in [1.165, 1.54) is 5.57 Å². The quantitative estimate of drug-likeness (QED) is 0.151. The Bertz CT molecular complexity index is 1230. The molecule has 0 aromatic rings. The van der Waals surface area contributed by atoms with Gasteiger partial charge in [-0.15, -0.1) is 0 Å². The van der Waals surface area contributed by atoms with Gasteiger partial charge in [0.15, 0.2) is 6.29 Å². The van der Waals surface area contributed by atoms with E-state index in [9.17, 15) is 35.4 Å². The highest BCUT2D eigenvalue weighted by molar-refractivity contribution is 5.78. The molecular formula is C36H58O10. The lowest BCUT2D eigenvalue weighted by molar-refractivity contribution is -0.333. The van der Waals surface area contributed by atoms with Gasteiger partial charge in [0.1, 0.15) is 31.0 Å². The van der Waals surface area contributed by atoms with Crippen molar-refractivity contribution < 1.29 is 49.9 Å². The summed E-state index contributed by atoms with van der Waals surface area (Å²) in [5, 5.41) is 62.1. The standard InChI is InChI=1S/C36H58O10/c1-31(2)12-14-36(30(43)46-44-18-22-25(38)26(39)27(40)29(42)45-22)15-13-34(6)19(20(36)16-31)8-9-24-33(5)17-21(37)28(41)32(3,4)23(33)10-11-35(24,34)7/h8,20-29,37-42H,9-18H2,1-7H3/t20-,21+,22+,23-,24+,25+,26-,27+,28-,29+,33-,34+,35+,36-/m0/s1. The van der Waals surface area contributed by atoms with Crippen LogP contribution in [0.25, 0.3) is 0 Å². The van der Waals surface area contributed by atoms with Gasteiger partial charge in [-0.1, -0.05) is 60.1 Å². The number of hydrogen-bond acceptors (Lipinski definition) is 10. The minimum Gasteiger partial charge on any atom is -0.390 e. The molecule has 10 nitrogen and oxygen atoms in total. The van der Waals surface area contributed by atoms with E-state index in [0.29, 0.717) is 31.1 Å². The molecular weight excluding hydrogens is 592 g/mol. The first-order valence-corrected chi connectivity index (χ1v) is 17.5. The van der Waals surface area contributed by atoms with Gasteiger partial charge in [0, 0.05) is 0 Å². The van der Waals surface area contributed by atoms with Crippen LogP contribution in [-0.4, -0.2) is 86.1 Å². The first kappa shape index (κ1) is 34.7. The topological polar surface area (TPSA) is 166 Å². The number of rotatable bonds is 4. The predicted molar refractivity (Wildman–Crippen MR) is 167 cm³/mol. The Morgan fingerprint density at radius 2 is 1.52 bits per heavy atom. The smallest absolute Gasteiger partial charge is 0.349 e. The Balaban J connectivity index is 1.28. The molecule has 6 rings (SSSR count). The fourth-order valence-corrected chi connectivity index (χ4v) is 12.1. The van der Waals surface area contributed by atoms with E-state index in [-0.39, 0.29) is 33.0 Å². The SMILES string of the molecule is CC1(C)CC[C@]2(C(=O)OOC[C@H]3O[C@@H](O)[C@H](O)[C@@H](O)[C@@H]3O)CC[C@]3(C)C(=CC[C@@H]4[C@@]5(C)C[C@@H](O)[C@H](O)C(C)(C)[C@@H]5CC[C@]43C)[C@@H]2C1. The summed E-state index contributed by atoms with van der Waals surface area (Å²) in [5.41, 5.74) is -0.0787. The number of aliphatic hydroxyl groups excluding tert-OH is 6. The van der Waals surface area contributed by atoms with Crippen LogP contribution in [0.1, 0.15) is 106 Å². The lowest BCUT2D eigenvalue weighted by Gasteiger charge is -2.71. The van der Waals surface area contributed by atoms with Gasteiger partial charge in [0.2, 0.25) is 0 Å². The maximum atomic E-state index is 14.1. The summed E-state index contributed by atoms with van der Waals surface area (Å²) in [7, 11) is 0. The molecule has 5 fully saturated rings. The Morgan fingerprint density at radius 3 is 2.22 bits per heavy atom. The van der Waals surface area contributed by atoms with Crippen LogP contribution in [0.4, 0.5) is 0 Å².